The van der Waals surface area contributed by atoms with E-state index in [0.29, 0.717) is 30.1 Å². The molecule has 1 aliphatic carbocycles. The molecule has 4 nitrogen and oxygen atoms in total. The Morgan fingerprint density at radius 1 is 1.12 bits per heavy atom. The van der Waals surface area contributed by atoms with Crippen LogP contribution in [-0.2, 0) is 16.0 Å². The zero-order valence-corrected chi connectivity index (χ0v) is 15.1. The summed E-state index contributed by atoms with van der Waals surface area (Å²) in [5.41, 5.74) is 2.54. The summed E-state index contributed by atoms with van der Waals surface area (Å²) in [7, 11) is 0. The van der Waals surface area contributed by atoms with Gasteiger partial charge in [-0.25, -0.2) is 4.39 Å². The van der Waals surface area contributed by atoms with E-state index in [1.54, 1.807) is 30.3 Å². The number of aryl methyl sites for hydroxylation is 1. The van der Waals surface area contributed by atoms with E-state index in [9.17, 15) is 14.0 Å². The van der Waals surface area contributed by atoms with Gasteiger partial charge in [-0.3, -0.25) is 9.59 Å². The van der Waals surface area contributed by atoms with Gasteiger partial charge in [-0.15, -0.1) is 0 Å². The number of carbonyl (C=O) groups excluding carboxylic acids is 2. The molecule has 1 aliphatic rings. The van der Waals surface area contributed by atoms with E-state index >= 15 is 0 Å². The highest BCUT2D eigenvalue weighted by Crippen LogP contribution is 2.39. The molecule has 2 amide bonds. The molecule has 2 unspecified atom stereocenters. The Kier molecular flexibility index (Phi) is 5.57. The molecule has 2 aromatic carbocycles. The SMILES string of the molecule is Cc1cc(Cl)ccc1NC(=O)C1CC1C(=O)NCCc1ccc(F)cc1. The number of hydrogen-bond acceptors (Lipinski definition) is 2. The van der Waals surface area contributed by atoms with Gasteiger partial charge in [0.2, 0.25) is 11.8 Å². The number of hydrogen-bond donors (Lipinski definition) is 2. The summed E-state index contributed by atoms with van der Waals surface area (Å²) in [6, 6.07) is 11.5. The lowest BCUT2D eigenvalue weighted by Crippen LogP contribution is -2.29. The molecule has 2 aromatic rings. The zero-order valence-electron chi connectivity index (χ0n) is 14.4. The molecule has 6 heteroatoms. The predicted octanol–water partition coefficient (Wildman–Crippen LogP) is 3.72. The molecule has 2 atom stereocenters. The molecular weight excluding hydrogens is 355 g/mol. The van der Waals surface area contributed by atoms with Crippen LogP contribution in [0.3, 0.4) is 0 Å². The molecule has 0 radical (unpaired) electrons. The van der Waals surface area contributed by atoms with Crippen molar-refractivity contribution in [1.29, 1.82) is 0 Å². The zero-order chi connectivity index (χ0) is 18.7. The molecule has 0 bridgehead atoms. The van der Waals surface area contributed by atoms with Crippen LogP contribution in [0.15, 0.2) is 42.5 Å². The number of benzene rings is 2. The Bertz CT molecular complexity index is 823. The molecular formula is C20H20ClFN2O2. The van der Waals surface area contributed by atoms with Gasteiger partial charge in [0.1, 0.15) is 5.82 Å². The van der Waals surface area contributed by atoms with Crippen molar-refractivity contribution < 1.29 is 14.0 Å². The summed E-state index contributed by atoms with van der Waals surface area (Å²) in [4.78, 5) is 24.5. The Balaban J connectivity index is 1.44. The Labute approximate surface area is 156 Å². The molecule has 0 heterocycles. The van der Waals surface area contributed by atoms with Gasteiger partial charge in [0.15, 0.2) is 0 Å². The third kappa shape index (κ3) is 4.61. The maximum atomic E-state index is 12.9. The van der Waals surface area contributed by atoms with Crippen molar-refractivity contribution in [2.75, 3.05) is 11.9 Å². The molecule has 3 rings (SSSR count). The van der Waals surface area contributed by atoms with Gasteiger partial charge in [-0.05, 0) is 61.2 Å². The van der Waals surface area contributed by atoms with Crippen LogP contribution in [0, 0.1) is 24.6 Å². The topological polar surface area (TPSA) is 58.2 Å². The monoisotopic (exact) mass is 374 g/mol. The van der Waals surface area contributed by atoms with Crippen molar-refractivity contribution in [3.05, 3.63) is 64.4 Å². The number of rotatable bonds is 6. The molecule has 0 aliphatic heterocycles. The lowest BCUT2D eigenvalue weighted by molar-refractivity contribution is -0.125. The second-order valence-corrected chi connectivity index (χ2v) is 7.00. The molecule has 1 fully saturated rings. The second kappa shape index (κ2) is 7.87. The van der Waals surface area contributed by atoms with Crippen LogP contribution in [0.4, 0.5) is 10.1 Å². The average molecular weight is 375 g/mol. The van der Waals surface area contributed by atoms with Gasteiger partial charge in [-0.1, -0.05) is 23.7 Å². The van der Waals surface area contributed by atoms with Gasteiger partial charge in [0.05, 0.1) is 11.8 Å². The first-order valence-electron chi connectivity index (χ1n) is 8.53. The Hall–Kier alpha value is -2.40. The molecule has 2 N–H and O–H groups in total. The van der Waals surface area contributed by atoms with E-state index in [4.69, 9.17) is 11.6 Å². The van der Waals surface area contributed by atoms with Crippen molar-refractivity contribution in [3.8, 4) is 0 Å². The van der Waals surface area contributed by atoms with Gasteiger partial charge >= 0.3 is 0 Å². The molecule has 0 aromatic heterocycles. The van der Waals surface area contributed by atoms with Crippen molar-refractivity contribution in [2.24, 2.45) is 11.8 Å². The van der Waals surface area contributed by atoms with Crippen LogP contribution in [-0.4, -0.2) is 18.4 Å². The Morgan fingerprint density at radius 2 is 1.81 bits per heavy atom. The lowest BCUT2D eigenvalue weighted by atomic mass is 10.1. The normalized spacial score (nSPS) is 18.3. The van der Waals surface area contributed by atoms with E-state index in [-0.39, 0.29) is 29.5 Å². The minimum Gasteiger partial charge on any atom is -0.356 e. The fraction of sp³-hybridized carbons (Fsp3) is 0.300. The molecule has 0 saturated heterocycles. The van der Waals surface area contributed by atoms with Crippen LogP contribution >= 0.6 is 11.6 Å². The highest BCUT2D eigenvalue weighted by molar-refractivity contribution is 6.30. The average Bonchev–Trinajstić information content (AvgIpc) is 3.40. The van der Waals surface area contributed by atoms with E-state index in [1.165, 1.54) is 12.1 Å². The van der Waals surface area contributed by atoms with Crippen LogP contribution in [0.2, 0.25) is 5.02 Å². The van der Waals surface area contributed by atoms with Crippen molar-refractivity contribution >= 4 is 29.1 Å². The van der Waals surface area contributed by atoms with Crippen LogP contribution < -0.4 is 10.6 Å². The quantitative estimate of drug-likeness (QED) is 0.809. The summed E-state index contributed by atoms with van der Waals surface area (Å²) in [5, 5.41) is 6.32. The van der Waals surface area contributed by atoms with Crippen LogP contribution in [0.1, 0.15) is 17.5 Å². The van der Waals surface area contributed by atoms with Crippen molar-refractivity contribution in [1.82, 2.24) is 5.32 Å². The maximum Gasteiger partial charge on any atom is 0.228 e. The molecule has 0 spiro atoms. The number of anilines is 1. The van der Waals surface area contributed by atoms with Crippen LogP contribution in [0.25, 0.3) is 0 Å². The predicted molar refractivity (Wildman–Crippen MR) is 99.5 cm³/mol. The third-order valence-electron chi connectivity index (χ3n) is 4.54. The smallest absolute Gasteiger partial charge is 0.228 e. The van der Waals surface area contributed by atoms with Gasteiger partial charge in [0.25, 0.3) is 0 Å². The highest BCUT2D eigenvalue weighted by Gasteiger charge is 2.47. The number of amides is 2. The molecule has 1 saturated carbocycles. The minimum atomic E-state index is -0.295. The summed E-state index contributed by atoms with van der Waals surface area (Å²) >= 11 is 5.91. The first-order chi connectivity index (χ1) is 12.4. The number of carbonyl (C=O) groups is 2. The first kappa shape index (κ1) is 18.4. The third-order valence-corrected chi connectivity index (χ3v) is 4.77. The van der Waals surface area contributed by atoms with Gasteiger partial charge < -0.3 is 10.6 Å². The van der Waals surface area contributed by atoms with Crippen LogP contribution in [0.5, 0.6) is 0 Å². The lowest BCUT2D eigenvalue weighted by Gasteiger charge is -2.09. The Morgan fingerprint density at radius 3 is 2.50 bits per heavy atom. The first-order valence-corrected chi connectivity index (χ1v) is 8.91. The van der Waals surface area contributed by atoms with Gasteiger partial charge in [0, 0.05) is 17.3 Å². The van der Waals surface area contributed by atoms with E-state index in [0.717, 1.165) is 11.1 Å². The molecule has 26 heavy (non-hydrogen) atoms. The van der Waals surface area contributed by atoms with Crippen molar-refractivity contribution in [2.45, 2.75) is 19.8 Å². The summed E-state index contributed by atoms with van der Waals surface area (Å²) in [6.07, 6.45) is 1.18. The van der Waals surface area contributed by atoms with E-state index in [1.807, 2.05) is 6.92 Å². The summed E-state index contributed by atoms with van der Waals surface area (Å²) in [5.74, 6) is -1.11. The standard InChI is InChI=1S/C20H20ClFN2O2/c1-12-10-14(21)4-7-18(12)24-20(26)17-11-16(17)19(25)23-9-8-13-2-5-15(22)6-3-13/h2-7,10,16-17H,8-9,11H2,1H3,(H,23,25)(H,24,26). The maximum absolute atomic E-state index is 12.9. The van der Waals surface area contributed by atoms with Gasteiger partial charge in [-0.2, -0.15) is 0 Å². The summed E-state index contributed by atoms with van der Waals surface area (Å²) in [6.45, 7) is 2.33. The largest absolute Gasteiger partial charge is 0.356 e. The number of halogens is 2. The fourth-order valence-electron chi connectivity index (χ4n) is 2.88. The van der Waals surface area contributed by atoms with E-state index in [2.05, 4.69) is 10.6 Å². The fourth-order valence-corrected chi connectivity index (χ4v) is 3.11. The summed E-state index contributed by atoms with van der Waals surface area (Å²) < 4.78 is 12.9. The van der Waals surface area contributed by atoms with Crippen molar-refractivity contribution in [3.63, 3.8) is 0 Å². The minimum absolute atomic E-state index is 0.111. The van der Waals surface area contributed by atoms with E-state index < -0.39 is 0 Å². The number of nitrogens with one attached hydrogen (secondary N) is 2. The molecule has 136 valence electrons. The second-order valence-electron chi connectivity index (χ2n) is 6.56. The highest BCUT2D eigenvalue weighted by atomic mass is 35.5.